The highest BCUT2D eigenvalue weighted by atomic mass is 35.5. The Labute approximate surface area is 165 Å². The number of imide groups is 1. The standard InChI is InChI=1S/C19H26N4O3.ClH/c1-22-18(26)23(17(25)19(22)10-3-2-4-11-19)13-16(24)21-12-9-14-5-7-15(20)8-6-14;/h5-8H,2-4,9-13,20H2,1H3,(H,21,24);1H. The van der Waals surface area contributed by atoms with Gasteiger partial charge in [-0.2, -0.15) is 0 Å². The molecule has 7 nitrogen and oxygen atoms in total. The molecule has 3 N–H and O–H groups in total. The summed E-state index contributed by atoms with van der Waals surface area (Å²) in [5.74, 6) is -0.540. The Balaban J connectivity index is 0.00000261. The van der Waals surface area contributed by atoms with Crippen LogP contribution in [0.15, 0.2) is 24.3 Å². The second-order valence-electron chi connectivity index (χ2n) is 7.17. The zero-order chi connectivity index (χ0) is 18.7. The van der Waals surface area contributed by atoms with Gasteiger partial charge in [0, 0.05) is 19.3 Å². The summed E-state index contributed by atoms with van der Waals surface area (Å²) in [5, 5.41) is 2.79. The molecule has 27 heavy (non-hydrogen) atoms. The zero-order valence-corrected chi connectivity index (χ0v) is 16.4. The van der Waals surface area contributed by atoms with E-state index in [4.69, 9.17) is 5.73 Å². The van der Waals surface area contributed by atoms with E-state index in [0.717, 1.165) is 29.7 Å². The number of likely N-dealkylation sites (N-methyl/N-ethyl adjacent to an activating group) is 1. The smallest absolute Gasteiger partial charge is 0.327 e. The number of urea groups is 1. The molecule has 8 heteroatoms. The van der Waals surface area contributed by atoms with E-state index >= 15 is 0 Å². The lowest BCUT2D eigenvalue weighted by Gasteiger charge is -2.35. The number of hydrogen-bond acceptors (Lipinski definition) is 4. The summed E-state index contributed by atoms with van der Waals surface area (Å²) in [6.07, 6.45) is 4.99. The van der Waals surface area contributed by atoms with Crippen molar-refractivity contribution in [3.05, 3.63) is 29.8 Å². The molecular weight excluding hydrogens is 368 g/mol. The van der Waals surface area contributed by atoms with Crippen LogP contribution in [-0.4, -0.2) is 53.3 Å². The molecule has 0 bridgehead atoms. The fraction of sp³-hybridized carbons (Fsp3) is 0.526. The summed E-state index contributed by atoms with van der Waals surface area (Å²) in [7, 11) is 1.67. The van der Waals surface area contributed by atoms with Crippen molar-refractivity contribution in [3.63, 3.8) is 0 Å². The molecule has 1 aromatic carbocycles. The molecule has 1 saturated heterocycles. The van der Waals surface area contributed by atoms with Gasteiger partial charge in [-0.1, -0.05) is 31.4 Å². The number of nitrogens with zero attached hydrogens (tertiary/aromatic N) is 2. The zero-order valence-electron chi connectivity index (χ0n) is 15.6. The first kappa shape index (κ1) is 21.0. The normalized spacial score (nSPS) is 18.6. The van der Waals surface area contributed by atoms with Crippen LogP contribution in [0.5, 0.6) is 0 Å². The largest absolute Gasteiger partial charge is 0.399 e. The Bertz CT molecular complexity index is 701. The van der Waals surface area contributed by atoms with Crippen LogP contribution in [0.25, 0.3) is 0 Å². The van der Waals surface area contributed by atoms with Crippen molar-refractivity contribution >= 4 is 35.9 Å². The van der Waals surface area contributed by atoms with Crippen LogP contribution in [0.2, 0.25) is 0 Å². The highest BCUT2D eigenvalue weighted by molar-refractivity contribution is 6.08. The maximum atomic E-state index is 12.8. The van der Waals surface area contributed by atoms with Crippen LogP contribution in [-0.2, 0) is 16.0 Å². The van der Waals surface area contributed by atoms with E-state index in [9.17, 15) is 14.4 Å². The number of hydrogen-bond donors (Lipinski definition) is 2. The second-order valence-corrected chi connectivity index (χ2v) is 7.17. The van der Waals surface area contributed by atoms with Gasteiger partial charge in [0.25, 0.3) is 5.91 Å². The van der Waals surface area contributed by atoms with Crippen LogP contribution < -0.4 is 11.1 Å². The number of nitrogen functional groups attached to an aromatic ring is 1. The predicted octanol–water partition coefficient (Wildman–Crippen LogP) is 1.95. The highest BCUT2D eigenvalue weighted by Crippen LogP contribution is 2.39. The summed E-state index contributed by atoms with van der Waals surface area (Å²) >= 11 is 0. The number of benzene rings is 1. The van der Waals surface area contributed by atoms with Gasteiger partial charge in [-0.15, -0.1) is 12.4 Å². The fourth-order valence-electron chi connectivity index (χ4n) is 3.90. The fourth-order valence-corrected chi connectivity index (χ4v) is 3.90. The average molecular weight is 395 g/mol. The molecule has 0 aromatic heterocycles. The van der Waals surface area contributed by atoms with E-state index in [0.29, 0.717) is 31.5 Å². The third-order valence-corrected chi connectivity index (χ3v) is 5.50. The summed E-state index contributed by atoms with van der Waals surface area (Å²) in [5.41, 5.74) is 6.67. The van der Waals surface area contributed by atoms with Crippen molar-refractivity contribution in [3.8, 4) is 0 Å². The summed E-state index contributed by atoms with van der Waals surface area (Å²) in [6, 6.07) is 7.09. The first-order chi connectivity index (χ1) is 12.4. The molecule has 1 spiro atoms. The van der Waals surface area contributed by atoms with Gasteiger partial charge in [-0.3, -0.25) is 14.5 Å². The highest BCUT2D eigenvalue weighted by Gasteiger charge is 2.55. The molecule has 3 rings (SSSR count). The van der Waals surface area contributed by atoms with Crippen molar-refractivity contribution in [1.82, 2.24) is 15.1 Å². The summed E-state index contributed by atoms with van der Waals surface area (Å²) in [4.78, 5) is 40.2. The van der Waals surface area contributed by atoms with Crippen LogP contribution in [0.1, 0.15) is 37.7 Å². The minimum absolute atomic E-state index is 0. The Morgan fingerprint density at radius 2 is 1.78 bits per heavy atom. The van der Waals surface area contributed by atoms with Crippen molar-refractivity contribution in [1.29, 1.82) is 0 Å². The van der Waals surface area contributed by atoms with Gasteiger partial charge in [-0.05, 0) is 37.0 Å². The van der Waals surface area contributed by atoms with Crippen LogP contribution in [0, 0.1) is 0 Å². The molecule has 2 fully saturated rings. The van der Waals surface area contributed by atoms with Gasteiger partial charge in [-0.25, -0.2) is 4.79 Å². The Morgan fingerprint density at radius 1 is 1.15 bits per heavy atom. The van der Waals surface area contributed by atoms with Crippen LogP contribution >= 0.6 is 12.4 Å². The molecule has 4 amide bonds. The minimum atomic E-state index is -0.737. The molecular formula is C19H27ClN4O3. The molecule has 0 atom stereocenters. The van der Waals surface area contributed by atoms with Gasteiger partial charge in [0.1, 0.15) is 12.1 Å². The summed E-state index contributed by atoms with van der Waals surface area (Å²) < 4.78 is 0. The van der Waals surface area contributed by atoms with Crippen molar-refractivity contribution < 1.29 is 14.4 Å². The molecule has 1 aliphatic heterocycles. The van der Waals surface area contributed by atoms with E-state index in [1.807, 2.05) is 24.3 Å². The number of anilines is 1. The molecule has 0 unspecified atom stereocenters. The monoisotopic (exact) mass is 394 g/mol. The molecule has 2 aliphatic rings. The summed E-state index contributed by atoms with van der Waals surface area (Å²) in [6.45, 7) is 0.228. The maximum absolute atomic E-state index is 12.8. The van der Waals surface area contributed by atoms with E-state index in [-0.39, 0.29) is 36.8 Å². The van der Waals surface area contributed by atoms with E-state index in [1.165, 1.54) is 4.90 Å². The average Bonchev–Trinajstić information content (AvgIpc) is 2.80. The number of carbonyl (C=O) groups is 3. The first-order valence-electron chi connectivity index (χ1n) is 9.15. The molecule has 0 radical (unpaired) electrons. The molecule has 1 heterocycles. The Morgan fingerprint density at radius 3 is 2.41 bits per heavy atom. The van der Waals surface area contributed by atoms with Crippen molar-refractivity contribution in [2.24, 2.45) is 0 Å². The number of rotatable bonds is 5. The predicted molar refractivity (Wildman–Crippen MR) is 106 cm³/mol. The quantitative estimate of drug-likeness (QED) is 0.589. The van der Waals surface area contributed by atoms with E-state index in [1.54, 1.807) is 7.05 Å². The minimum Gasteiger partial charge on any atom is -0.399 e. The van der Waals surface area contributed by atoms with Gasteiger partial charge < -0.3 is 16.0 Å². The van der Waals surface area contributed by atoms with Gasteiger partial charge >= 0.3 is 6.03 Å². The molecule has 1 aromatic rings. The second kappa shape index (κ2) is 8.61. The Hall–Kier alpha value is -2.28. The van der Waals surface area contributed by atoms with E-state index in [2.05, 4.69) is 5.32 Å². The van der Waals surface area contributed by atoms with Crippen LogP contribution in [0.3, 0.4) is 0 Å². The molecule has 148 valence electrons. The van der Waals surface area contributed by atoms with Crippen LogP contribution in [0.4, 0.5) is 10.5 Å². The first-order valence-corrected chi connectivity index (χ1v) is 9.15. The van der Waals surface area contributed by atoms with Gasteiger partial charge in [0.2, 0.25) is 5.91 Å². The van der Waals surface area contributed by atoms with Crippen molar-refractivity contribution in [2.45, 2.75) is 44.1 Å². The topological polar surface area (TPSA) is 95.7 Å². The lowest BCUT2D eigenvalue weighted by Crippen LogP contribution is -2.49. The lowest BCUT2D eigenvalue weighted by atomic mass is 9.81. The SMILES string of the molecule is CN1C(=O)N(CC(=O)NCCc2ccc(N)cc2)C(=O)C12CCCCC2.Cl. The third-order valence-electron chi connectivity index (χ3n) is 5.50. The number of carbonyl (C=O) groups excluding carboxylic acids is 3. The Kier molecular flexibility index (Phi) is 6.70. The van der Waals surface area contributed by atoms with Crippen molar-refractivity contribution in [2.75, 3.05) is 25.9 Å². The lowest BCUT2D eigenvalue weighted by molar-refractivity contribution is -0.137. The number of nitrogens with one attached hydrogen (secondary N) is 1. The number of halogens is 1. The molecule has 1 saturated carbocycles. The maximum Gasteiger partial charge on any atom is 0.327 e. The van der Waals surface area contributed by atoms with Gasteiger partial charge in [0.05, 0.1) is 0 Å². The number of amides is 4. The third kappa shape index (κ3) is 4.18. The number of nitrogens with two attached hydrogens (primary N) is 1. The molecule has 1 aliphatic carbocycles. The van der Waals surface area contributed by atoms with Gasteiger partial charge in [0.15, 0.2) is 0 Å². The van der Waals surface area contributed by atoms with E-state index < -0.39 is 5.54 Å².